The summed E-state index contributed by atoms with van der Waals surface area (Å²) >= 11 is 3.18. The normalized spacial score (nSPS) is 13.1. The number of carbonyl (C=O) groups is 1. The lowest BCUT2D eigenvalue weighted by molar-refractivity contribution is 0.0994. The van der Waals surface area contributed by atoms with E-state index in [1.165, 1.54) is 25.6 Å². The minimum atomic E-state index is -0.384. The van der Waals surface area contributed by atoms with E-state index in [-0.39, 0.29) is 12.7 Å². The van der Waals surface area contributed by atoms with E-state index in [0.29, 0.717) is 33.4 Å². The van der Waals surface area contributed by atoms with Gasteiger partial charge in [0.2, 0.25) is 6.79 Å². The van der Waals surface area contributed by atoms with E-state index in [1.54, 1.807) is 30.0 Å². The Bertz CT molecular complexity index is 1140. The van der Waals surface area contributed by atoms with Gasteiger partial charge in [-0.2, -0.15) is 16.8 Å². The van der Waals surface area contributed by atoms with Crippen LogP contribution in [-0.4, -0.2) is 43.5 Å². The largest absolute Gasteiger partial charge is 0.493 e. The molecule has 0 saturated carbocycles. The molecule has 2 heterocycles. The lowest BCUT2D eigenvalue weighted by atomic mass is 10.2. The molecule has 4 rings (SSSR count). The monoisotopic (exact) mass is 432 g/mol. The van der Waals surface area contributed by atoms with Crippen molar-refractivity contribution in [3.8, 4) is 23.0 Å². The highest BCUT2D eigenvalue weighted by Crippen LogP contribution is 2.37. The Morgan fingerprint density at radius 3 is 2.76 bits per heavy atom. The van der Waals surface area contributed by atoms with E-state index in [0.717, 1.165) is 22.5 Å². The summed E-state index contributed by atoms with van der Waals surface area (Å²) in [5.41, 5.74) is 1.33. The van der Waals surface area contributed by atoms with Crippen LogP contribution in [0.15, 0.2) is 35.3 Å². The molecule has 2 aromatic carbocycles. The molecule has 0 saturated heterocycles. The Labute approximate surface area is 175 Å². The van der Waals surface area contributed by atoms with Gasteiger partial charge in [-0.25, -0.2) is 0 Å². The predicted molar refractivity (Wildman–Crippen MR) is 114 cm³/mol. The molecule has 0 N–H and O–H groups in total. The van der Waals surface area contributed by atoms with Crippen molar-refractivity contribution in [1.82, 2.24) is 4.57 Å². The zero-order chi connectivity index (χ0) is 20.4. The molecule has 3 aromatic rings. The van der Waals surface area contributed by atoms with Crippen LogP contribution in [0.25, 0.3) is 10.2 Å². The highest BCUT2D eigenvalue weighted by Gasteiger charge is 2.19. The van der Waals surface area contributed by atoms with Gasteiger partial charge in [-0.3, -0.25) is 4.79 Å². The van der Waals surface area contributed by atoms with E-state index in [4.69, 9.17) is 18.9 Å². The van der Waals surface area contributed by atoms with Crippen LogP contribution >= 0.6 is 23.1 Å². The maximum atomic E-state index is 13.0. The van der Waals surface area contributed by atoms with Gasteiger partial charge in [0.05, 0.1) is 30.0 Å². The number of amides is 1. The number of thiazole rings is 1. The van der Waals surface area contributed by atoms with Crippen LogP contribution < -0.4 is 23.7 Å². The number of fused-ring (bicyclic) bond motifs is 2. The van der Waals surface area contributed by atoms with Gasteiger partial charge < -0.3 is 23.5 Å². The van der Waals surface area contributed by atoms with E-state index in [2.05, 4.69) is 4.99 Å². The Morgan fingerprint density at radius 1 is 1.24 bits per heavy atom. The number of ether oxygens (including phenoxy) is 4. The minimum absolute atomic E-state index is 0.225. The predicted octanol–water partition coefficient (Wildman–Crippen LogP) is 3.55. The van der Waals surface area contributed by atoms with Crippen LogP contribution in [0.1, 0.15) is 10.4 Å². The van der Waals surface area contributed by atoms with Gasteiger partial charge in [-0.1, -0.05) is 17.4 Å². The fourth-order valence-corrected chi connectivity index (χ4v) is 4.58. The van der Waals surface area contributed by atoms with Gasteiger partial charge in [0.1, 0.15) is 0 Å². The van der Waals surface area contributed by atoms with Crippen molar-refractivity contribution in [2.75, 3.05) is 33.0 Å². The van der Waals surface area contributed by atoms with Crippen molar-refractivity contribution >= 4 is 39.2 Å². The standard InChI is InChI=1S/C20H20N2O5S2/c1-24-14-6-4-5-12(18(14)25-2)19(23)21-20-22(7-8-28-3)13-9-15-16(27-11-26-15)10-17(13)29-20/h4-6,9-10H,7-8,11H2,1-3H3. The lowest BCUT2D eigenvalue weighted by Gasteiger charge is -2.10. The second-order valence-electron chi connectivity index (χ2n) is 6.16. The first-order chi connectivity index (χ1) is 14.2. The number of rotatable bonds is 6. The fraction of sp³-hybridized carbons (Fsp3) is 0.300. The number of nitrogens with zero attached hydrogens (tertiary/aromatic N) is 2. The molecule has 0 spiro atoms. The number of para-hydroxylation sites is 1. The van der Waals surface area contributed by atoms with Gasteiger partial charge in [0, 0.05) is 24.4 Å². The maximum absolute atomic E-state index is 13.0. The van der Waals surface area contributed by atoms with Crippen LogP contribution in [0.4, 0.5) is 0 Å². The minimum Gasteiger partial charge on any atom is -0.493 e. The summed E-state index contributed by atoms with van der Waals surface area (Å²) in [6, 6.07) is 9.06. The van der Waals surface area contributed by atoms with Gasteiger partial charge >= 0.3 is 0 Å². The molecule has 0 radical (unpaired) electrons. The lowest BCUT2D eigenvalue weighted by Crippen LogP contribution is -2.18. The second kappa shape index (κ2) is 8.38. The summed E-state index contributed by atoms with van der Waals surface area (Å²) in [6.45, 7) is 0.949. The first kappa shape index (κ1) is 19.7. The Hall–Kier alpha value is -2.65. The van der Waals surface area contributed by atoms with Crippen LogP contribution in [0.3, 0.4) is 0 Å². The molecule has 1 aromatic heterocycles. The molecule has 1 aliphatic heterocycles. The molecule has 7 nitrogen and oxygen atoms in total. The van der Waals surface area contributed by atoms with Crippen molar-refractivity contribution in [3.05, 3.63) is 40.7 Å². The van der Waals surface area contributed by atoms with E-state index < -0.39 is 0 Å². The molecule has 152 valence electrons. The van der Waals surface area contributed by atoms with Crippen molar-refractivity contribution in [1.29, 1.82) is 0 Å². The number of aromatic nitrogens is 1. The molecule has 9 heteroatoms. The number of hydrogen-bond acceptors (Lipinski definition) is 7. The number of aryl methyl sites for hydroxylation is 1. The van der Waals surface area contributed by atoms with Crippen molar-refractivity contribution in [3.63, 3.8) is 0 Å². The summed E-state index contributed by atoms with van der Waals surface area (Å²) in [5.74, 6) is 2.80. The van der Waals surface area contributed by atoms with Gasteiger partial charge in [0.25, 0.3) is 5.91 Å². The SMILES string of the molecule is COc1cccc(C(=O)N=c2sc3cc4c(cc3n2CCSC)OCO4)c1OC. The smallest absolute Gasteiger partial charge is 0.283 e. The van der Waals surface area contributed by atoms with Crippen molar-refractivity contribution < 1.29 is 23.7 Å². The zero-order valence-corrected chi connectivity index (χ0v) is 17.9. The molecule has 0 aliphatic carbocycles. The zero-order valence-electron chi connectivity index (χ0n) is 16.3. The third kappa shape index (κ3) is 3.67. The summed E-state index contributed by atoms with van der Waals surface area (Å²) in [6.07, 6.45) is 2.05. The van der Waals surface area contributed by atoms with E-state index >= 15 is 0 Å². The van der Waals surface area contributed by atoms with E-state index in [1.807, 2.05) is 23.0 Å². The third-order valence-corrected chi connectivity index (χ3v) is 6.16. The Morgan fingerprint density at radius 2 is 2.03 bits per heavy atom. The Kier molecular flexibility index (Phi) is 5.68. The molecule has 29 heavy (non-hydrogen) atoms. The number of methoxy groups -OCH3 is 2. The second-order valence-corrected chi connectivity index (χ2v) is 8.16. The fourth-order valence-electron chi connectivity index (χ4n) is 3.15. The number of benzene rings is 2. The average molecular weight is 433 g/mol. The first-order valence-corrected chi connectivity index (χ1v) is 11.1. The van der Waals surface area contributed by atoms with Gasteiger partial charge in [-0.05, 0) is 18.4 Å². The molecule has 0 atom stereocenters. The highest BCUT2D eigenvalue weighted by molar-refractivity contribution is 7.98. The molecular formula is C20H20N2O5S2. The van der Waals surface area contributed by atoms with Crippen LogP contribution in [-0.2, 0) is 6.54 Å². The van der Waals surface area contributed by atoms with Gasteiger partial charge in [-0.15, -0.1) is 0 Å². The molecule has 1 aliphatic rings. The molecule has 0 bridgehead atoms. The third-order valence-electron chi connectivity index (χ3n) is 4.53. The van der Waals surface area contributed by atoms with E-state index in [9.17, 15) is 4.79 Å². The first-order valence-electron chi connectivity index (χ1n) is 8.88. The number of carbonyl (C=O) groups excluding carboxylic acids is 1. The topological polar surface area (TPSA) is 71.3 Å². The van der Waals surface area contributed by atoms with Crippen molar-refractivity contribution in [2.45, 2.75) is 6.54 Å². The highest BCUT2D eigenvalue weighted by atomic mass is 32.2. The average Bonchev–Trinajstić information content (AvgIpc) is 3.32. The number of hydrogen-bond donors (Lipinski definition) is 0. The molecule has 1 amide bonds. The molecule has 0 fully saturated rings. The van der Waals surface area contributed by atoms with Crippen LogP contribution in [0.2, 0.25) is 0 Å². The summed E-state index contributed by atoms with van der Waals surface area (Å²) < 4.78 is 24.7. The van der Waals surface area contributed by atoms with Crippen LogP contribution in [0, 0.1) is 0 Å². The van der Waals surface area contributed by atoms with Gasteiger partial charge in [0.15, 0.2) is 27.8 Å². The molecular weight excluding hydrogens is 412 g/mol. The molecule has 0 unspecified atom stereocenters. The summed E-state index contributed by atoms with van der Waals surface area (Å²) in [7, 11) is 3.04. The quantitative estimate of drug-likeness (QED) is 0.593. The van der Waals surface area contributed by atoms with Crippen molar-refractivity contribution in [2.24, 2.45) is 4.99 Å². The number of thioether (sulfide) groups is 1. The summed E-state index contributed by atoms with van der Waals surface area (Å²) in [5, 5.41) is 0. The van der Waals surface area contributed by atoms with Crippen LogP contribution in [0.5, 0.6) is 23.0 Å². The summed E-state index contributed by atoms with van der Waals surface area (Å²) in [4.78, 5) is 18.0. The Balaban J connectivity index is 1.84. The maximum Gasteiger partial charge on any atom is 0.283 e.